The van der Waals surface area contributed by atoms with Gasteiger partial charge in [-0.05, 0) is 36.5 Å². The van der Waals surface area contributed by atoms with E-state index < -0.39 is 5.97 Å². The second kappa shape index (κ2) is 5.01. The monoisotopic (exact) mass is 248 g/mol. The number of rotatable bonds is 3. The molecule has 1 saturated carbocycles. The predicted molar refractivity (Wildman–Crippen MR) is 70.4 cm³/mol. The number of benzene rings is 1. The van der Waals surface area contributed by atoms with Crippen LogP contribution in [0.5, 0.6) is 5.75 Å². The Kier molecular flexibility index (Phi) is 3.60. The summed E-state index contributed by atoms with van der Waals surface area (Å²) < 4.78 is 5.41. The molecule has 2 rings (SSSR count). The fourth-order valence-corrected chi connectivity index (χ4v) is 2.91. The van der Waals surface area contributed by atoms with Gasteiger partial charge >= 0.3 is 5.97 Å². The Balaban J connectivity index is 2.45. The Morgan fingerprint density at radius 3 is 2.50 bits per heavy atom. The fourth-order valence-electron chi connectivity index (χ4n) is 2.91. The lowest BCUT2D eigenvalue weighted by Crippen LogP contribution is -2.26. The highest BCUT2D eigenvalue weighted by Gasteiger charge is 2.32. The molecule has 0 saturated heterocycles. The summed E-state index contributed by atoms with van der Waals surface area (Å²) in [5.41, 5.74) is 1.44. The molecule has 0 spiro atoms. The van der Waals surface area contributed by atoms with Crippen molar-refractivity contribution in [2.24, 2.45) is 0 Å². The second-order valence-electron chi connectivity index (χ2n) is 5.34. The molecule has 3 nitrogen and oxygen atoms in total. The van der Waals surface area contributed by atoms with E-state index in [1.165, 1.54) is 19.3 Å². The quantitative estimate of drug-likeness (QED) is 0.888. The highest BCUT2D eigenvalue weighted by Crippen LogP contribution is 2.43. The van der Waals surface area contributed by atoms with E-state index in [1.54, 1.807) is 25.3 Å². The van der Waals surface area contributed by atoms with Gasteiger partial charge in [0.2, 0.25) is 0 Å². The van der Waals surface area contributed by atoms with Crippen LogP contribution in [0.1, 0.15) is 54.9 Å². The Morgan fingerprint density at radius 1 is 1.28 bits per heavy atom. The van der Waals surface area contributed by atoms with Gasteiger partial charge in [-0.1, -0.05) is 26.2 Å². The first-order valence-electron chi connectivity index (χ1n) is 6.49. The zero-order chi connectivity index (χ0) is 13.2. The lowest BCUT2D eigenvalue weighted by molar-refractivity contribution is 0.0696. The zero-order valence-electron chi connectivity index (χ0n) is 11.0. The summed E-state index contributed by atoms with van der Waals surface area (Å²) in [5.74, 6) is -0.0669. The van der Waals surface area contributed by atoms with Crippen molar-refractivity contribution in [3.05, 3.63) is 29.3 Å². The smallest absolute Gasteiger partial charge is 0.335 e. The average molecular weight is 248 g/mol. The molecule has 0 amide bonds. The third-order valence-corrected chi connectivity index (χ3v) is 4.05. The minimum Gasteiger partial charge on any atom is -0.496 e. The molecular weight excluding hydrogens is 228 g/mol. The van der Waals surface area contributed by atoms with Gasteiger partial charge in [0.25, 0.3) is 0 Å². The van der Waals surface area contributed by atoms with Crippen molar-refractivity contribution < 1.29 is 14.6 Å². The fraction of sp³-hybridized carbons (Fsp3) is 0.533. The van der Waals surface area contributed by atoms with E-state index in [-0.39, 0.29) is 5.41 Å². The van der Waals surface area contributed by atoms with Gasteiger partial charge in [0.1, 0.15) is 5.75 Å². The number of hydrogen-bond donors (Lipinski definition) is 1. The van der Waals surface area contributed by atoms with Crippen molar-refractivity contribution in [1.82, 2.24) is 0 Å². The summed E-state index contributed by atoms with van der Waals surface area (Å²) in [6, 6.07) is 5.17. The number of carboxylic acid groups (broad SMARTS) is 1. The minimum absolute atomic E-state index is 0.0506. The SMILES string of the molecule is COc1ccc(C(=O)O)cc1C1(C)CCCCC1. The van der Waals surface area contributed by atoms with E-state index in [2.05, 4.69) is 6.92 Å². The molecule has 3 heteroatoms. The van der Waals surface area contributed by atoms with Crippen molar-refractivity contribution in [3.8, 4) is 5.75 Å². The van der Waals surface area contributed by atoms with Crippen LogP contribution in [0.3, 0.4) is 0 Å². The zero-order valence-corrected chi connectivity index (χ0v) is 11.0. The minimum atomic E-state index is -0.877. The van der Waals surface area contributed by atoms with E-state index in [4.69, 9.17) is 9.84 Å². The molecular formula is C15H20O3. The van der Waals surface area contributed by atoms with Crippen molar-refractivity contribution in [3.63, 3.8) is 0 Å². The van der Waals surface area contributed by atoms with Crippen LogP contribution in [0.15, 0.2) is 18.2 Å². The lowest BCUT2D eigenvalue weighted by Gasteiger charge is -2.35. The molecule has 0 aromatic heterocycles. The molecule has 0 bridgehead atoms. The Hall–Kier alpha value is -1.51. The Morgan fingerprint density at radius 2 is 1.94 bits per heavy atom. The van der Waals surface area contributed by atoms with Crippen LogP contribution in [-0.4, -0.2) is 18.2 Å². The first-order chi connectivity index (χ1) is 8.57. The molecule has 0 unspecified atom stereocenters. The number of aromatic carboxylic acids is 1. The summed E-state index contributed by atoms with van der Waals surface area (Å²) in [4.78, 5) is 11.1. The summed E-state index contributed by atoms with van der Waals surface area (Å²) in [7, 11) is 1.64. The van der Waals surface area contributed by atoms with Crippen LogP contribution in [0.25, 0.3) is 0 Å². The molecule has 0 atom stereocenters. The van der Waals surface area contributed by atoms with E-state index in [9.17, 15) is 4.79 Å². The van der Waals surface area contributed by atoms with Crippen molar-refractivity contribution in [2.75, 3.05) is 7.11 Å². The van der Waals surface area contributed by atoms with E-state index in [0.717, 1.165) is 24.2 Å². The number of carboxylic acids is 1. The van der Waals surface area contributed by atoms with Gasteiger partial charge in [-0.25, -0.2) is 4.79 Å². The highest BCUT2D eigenvalue weighted by molar-refractivity contribution is 5.88. The lowest BCUT2D eigenvalue weighted by atomic mass is 9.70. The number of methoxy groups -OCH3 is 1. The number of carbonyl (C=O) groups is 1. The first-order valence-corrected chi connectivity index (χ1v) is 6.49. The summed E-state index contributed by atoms with van der Waals surface area (Å²) in [6.45, 7) is 2.22. The Bertz CT molecular complexity index is 445. The van der Waals surface area contributed by atoms with E-state index >= 15 is 0 Å². The van der Waals surface area contributed by atoms with Crippen molar-refractivity contribution in [1.29, 1.82) is 0 Å². The van der Waals surface area contributed by atoms with Gasteiger partial charge in [0.15, 0.2) is 0 Å². The van der Waals surface area contributed by atoms with Crippen LogP contribution < -0.4 is 4.74 Å². The molecule has 98 valence electrons. The molecule has 1 aromatic rings. The maximum Gasteiger partial charge on any atom is 0.335 e. The third kappa shape index (κ3) is 2.35. The Labute approximate surface area is 108 Å². The normalized spacial score (nSPS) is 18.3. The van der Waals surface area contributed by atoms with Gasteiger partial charge in [-0.3, -0.25) is 0 Å². The predicted octanol–water partition coefficient (Wildman–Crippen LogP) is 3.62. The van der Waals surface area contributed by atoms with Crippen LogP contribution in [0.4, 0.5) is 0 Å². The van der Waals surface area contributed by atoms with Crippen LogP contribution in [-0.2, 0) is 5.41 Å². The maximum absolute atomic E-state index is 11.1. The van der Waals surface area contributed by atoms with Crippen molar-refractivity contribution in [2.45, 2.75) is 44.4 Å². The van der Waals surface area contributed by atoms with Crippen LogP contribution in [0.2, 0.25) is 0 Å². The van der Waals surface area contributed by atoms with Gasteiger partial charge in [-0.2, -0.15) is 0 Å². The highest BCUT2D eigenvalue weighted by atomic mass is 16.5. The molecule has 1 aliphatic carbocycles. The molecule has 1 aromatic carbocycles. The maximum atomic E-state index is 11.1. The number of ether oxygens (including phenoxy) is 1. The van der Waals surface area contributed by atoms with Gasteiger partial charge < -0.3 is 9.84 Å². The molecule has 1 aliphatic rings. The van der Waals surface area contributed by atoms with E-state index in [0.29, 0.717) is 5.56 Å². The molecule has 1 fully saturated rings. The largest absolute Gasteiger partial charge is 0.496 e. The van der Waals surface area contributed by atoms with Crippen LogP contribution in [0, 0.1) is 0 Å². The topological polar surface area (TPSA) is 46.5 Å². The summed E-state index contributed by atoms with van der Waals surface area (Å²) in [6.07, 6.45) is 5.89. The van der Waals surface area contributed by atoms with Gasteiger partial charge in [-0.15, -0.1) is 0 Å². The number of hydrogen-bond acceptors (Lipinski definition) is 2. The average Bonchev–Trinajstić information content (AvgIpc) is 2.38. The third-order valence-electron chi connectivity index (χ3n) is 4.05. The molecule has 0 aliphatic heterocycles. The van der Waals surface area contributed by atoms with Crippen LogP contribution >= 0.6 is 0 Å². The summed E-state index contributed by atoms with van der Waals surface area (Å²) in [5, 5.41) is 9.11. The van der Waals surface area contributed by atoms with Gasteiger partial charge in [0.05, 0.1) is 12.7 Å². The molecule has 18 heavy (non-hydrogen) atoms. The molecule has 0 heterocycles. The molecule has 1 N–H and O–H groups in total. The first kappa shape index (κ1) is 12.9. The van der Waals surface area contributed by atoms with Crippen molar-refractivity contribution >= 4 is 5.97 Å². The van der Waals surface area contributed by atoms with Gasteiger partial charge in [0, 0.05) is 5.56 Å². The van der Waals surface area contributed by atoms with E-state index in [1.807, 2.05) is 0 Å². The molecule has 0 radical (unpaired) electrons. The standard InChI is InChI=1S/C15H20O3/c1-15(8-4-3-5-9-15)12-10-11(14(16)17)6-7-13(12)18-2/h6-7,10H,3-5,8-9H2,1-2H3,(H,16,17). The second-order valence-corrected chi connectivity index (χ2v) is 5.34. The summed E-state index contributed by atoms with van der Waals surface area (Å²) >= 11 is 0.